The summed E-state index contributed by atoms with van der Waals surface area (Å²) in [6, 6.07) is 12.1. The van der Waals surface area contributed by atoms with Gasteiger partial charge in [-0.2, -0.15) is 0 Å². The molecule has 0 aliphatic carbocycles. The van der Waals surface area contributed by atoms with Gasteiger partial charge in [-0.15, -0.1) is 0 Å². The second-order valence-corrected chi connectivity index (χ2v) is 8.28. The summed E-state index contributed by atoms with van der Waals surface area (Å²) in [5.74, 6) is 0.900. The Morgan fingerprint density at radius 2 is 1.97 bits per heavy atom. The molecule has 154 valence electrons. The number of aromatic nitrogens is 1. The largest absolute Gasteiger partial charge is 0.487 e. The third-order valence-electron chi connectivity index (χ3n) is 6.02. The second-order valence-electron chi connectivity index (χ2n) is 8.28. The van der Waals surface area contributed by atoms with Crippen molar-refractivity contribution >= 4 is 5.91 Å². The molecule has 2 saturated heterocycles. The molecule has 0 saturated carbocycles. The molecule has 5 nitrogen and oxygen atoms in total. The summed E-state index contributed by atoms with van der Waals surface area (Å²) in [7, 11) is 0. The fourth-order valence-electron chi connectivity index (χ4n) is 4.40. The van der Waals surface area contributed by atoms with Gasteiger partial charge in [0.25, 0.3) is 5.91 Å². The number of ether oxygens (including phenoxy) is 1. The lowest BCUT2D eigenvalue weighted by Crippen LogP contribution is -2.44. The number of carbonyl (C=O) groups is 1. The molecule has 0 unspecified atom stereocenters. The summed E-state index contributed by atoms with van der Waals surface area (Å²) in [4.78, 5) is 22.1. The lowest BCUT2D eigenvalue weighted by atomic mass is 10.1. The van der Waals surface area contributed by atoms with Crippen LogP contribution in [0.25, 0.3) is 0 Å². The molecule has 4 rings (SSSR count). The number of nitrogens with zero attached hydrogens (tertiary/aromatic N) is 3. The number of rotatable bonds is 6. The Balaban J connectivity index is 1.38. The zero-order chi connectivity index (χ0) is 20.1. The SMILES string of the molecule is Cc1ccc(OCc2cccc(C(=O)N3CCC[C@@H]3CN3CCCCC3)c2)cn1. The molecular formula is C24H31N3O2. The smallest absolute Gasteiger partial charge is 0.254 e. The lowest BCUT2D eigenvalue weighted by Gasteiger charge is -2.33. The second kappa shape index (κ2) is 9.40. The van der Waals surface area contributed by atoms with Crippen LogP contribution in [0, 0.1) is 6.92 Å². The van der Waals surface area contributed by atoms with E-state index in [4.69, 9.17) is 4.74 Å². The van der Waals surface area contributed by atoms with Crippen LogP contribution in [0.1, 0.15) is 53.7 Å². The van der Waals surface area contributed by atoms with Gasteiger partial charge in [0, 0.05) is 30.4 Å². The fraction of sp³-hybridized carbons (Fsp3) is 0.500. The molecule has 5 heteroatoms. The van der Waals surface area contributed by atoms with Crippen molar-refractivity contribution in [3.63, 3.8) is 0 Å². The number of hydrogen-bond acceptors (Lipinski definition) is 4. The molecule has 2 aromatic rings. The maximum Gasteiger partial charge on any atom is 0.254 e. The van der Waals surface area contributed by atoms with Gasteiger partial charge in [-0.1, -0.05) is 18.6 Å². The normalized spacial score (nSPS) is 20.0. The van der Waals surface area contributed by atoms with Gasteiger partial charge in [0.05, 0.1) is 6.20 Å². The van der Waals surface area contributed by atoms with Crippen molar-refractivity contribution in [2.75, 3.05) is 26.2 Å². The highest BCUT2D eigenvalue weighted by Crippen LogP contribution is 2.23. The predicted molar refractivity (Wildman–Crippen MR) is 114 cm³/mol. The summed E-state index contributed by atoms with van der Waals surface area (Å²) >= 11 is 0. The standard InChI is InChI=1S/C24H31N3O2/c1-19-10-11-23(16-25-19)29-18-20-7-5-8-21(15-20)24(28)27-14-6-9-22(27)17-26-12-3-2-4-13-26/h5,7-8,10-11,15-16,22H,2-4,6,9,12-14,17-18H2,1H3/t22-/m1/s1. The summed E-state index contributed by atoms with van der Waals surface area (Å²) in [5, 5.41) is 0. The molecular weight excluding hydrogens is 362 g/mol. The molecule has 29 heavy (non-hydrogen) atoms. The van der Waals surface area contributed by atoms with Crippen LogP contribution in [0.15, 0.2) is 42.6 Å². The summed E-state index contributed by atoms with van der Waals surface area (Å²) in [6.07, 6.45) is 7.88. The molecule has 1 aromatic heterocycles. The number of benzene rings is 1. The maximum absolute atomic E-state index is 13.2. The fourth-order valence-corrected chi connectivity index (χ4v) is 4.40. The Morgan fingerprint density at radius 3 is 2.76 bits per heavy atom. The van der Waals surface area contributed by atoms with E-state index in [1.54, 1.807) is 6.20 Å². The van der Waals surface area contributed by atoms with E-state index in [2.05, 4.69) is 14.8 Å². The van der Waals surface area contributed by atoms with Gasteiger partial charge < -0.3 is 14.5 Å². The molecule has 0 spiro atoms. The maximum atomic E-state index is 13.2. The molecule has 2 fully saturated rings. The van der Waals surface area contributed by atoms with Gasteiger partial charge in [-0.25, -0.2) is 0 Å². The number of amides is 1. The summed E-state index contributed by atoms with van der Waals surface area (Å²) in [6.45, 7) is 6.64. The number of pyridine rings is 1. The Labute approximate surface area is 173 Å². The van der Waals surface area contributed by atoms with E-state index in [0.717, 1.165) is 48.5 Å². The van der Waals surface area contributed by atoms with Gasteiger partial charge in [-0.3, -0.25) is 9.78 Å². The molecule has 1 atom stereocenters. The van der Waals surface area contributed by atoms with Gasteiger partial charge in [0.1, 0.15) is 12.4 Å². The average Bonchev–Trinajstić information content (AvgIpc) is 3.22. The minimum atomic E-state index is 0.156. The van der Waals surface area contributed by atoms with Crippen molar-refractivity contribution in [3.8, 4) is 5.75 Å². The first kappa shape index (κ1) is 19.9. The zero-order valence-electron chi connectivity index (χ0n) is 17.3. The Morgan fingerprint density at radius 1 is 1.10 bits per heavy atom. The molecule has 1 amide bonds. The predicted octanol–water partition coefficient (Wildman–Crippen LogP) is 4.06. The van der Waals surface area contributed by atoms with E-state index in [9.17, 15) is 4.79 Å². The quantitative estimate of drug-likeness (QED) is 0.742. The lowest BCUT2D eigenvalue weighted by molar-refractivity contribution is 0.0690. The first-order chi connectivity index (χ1) is 14.2. The number of piperidine rings is 1. The Kier molecular flexibility index (Phi) is 6.45. The van der Waals surface area contributed by atoms with Crippen LogP contribution in [0.2, 0.25) is 0 Å². The van der Waals surface area contributed by atoms with E-state index in [1.165, 1.54) is 32.4 Å². The zero-order valence-corrected chi connectivity index (χ0v) is 17.3. The van der Waals surface area contributed by atoms with Crippen LogP contribution in [0.3, 0.4) is 0 Å². The van der Waals surface area contributed by atoms with Crippen LogP contribution >= 0.6 is 0 Å². The number of hydrogen-bond donors (Lipinski definition) is 0. The number of likely N-dealkylation sites (tertiary alicyclic amines) is 2. The summed E-state index contributed by atoms with van der Waals surface area (Å²) in [5.41, 5.74) is 2.73. The highest BCUT2D eigenvalue weighted by molar-refractivity contribution is 5.94. The van der Waals surface area contributed by atoms with E-state index in [-0.39, 0.29) is 5.91 Å². The highest BCUT2D eigenvalue weighted by Gasteiger charge is 2.31. The van der Waals surface area contributed by atoms with Gasteiger partial charge >= 0.3 is 0 Å². The van der Waals surface area contributed by atoms with Gasteiger partial charge in [0.2, 0.25) is 0 Å². The van der Waals surface area contributed by atoms with Crippen molar-refractivity contribution in [2.24, 2.45) is 0 Å². The minimum absolute atomic E-state index is 0.156. The molecule has 0 bridgehead atoms. The van der Waals surface area contributed by atoms with E-state index in [1.807, 2.05) is 43.3 Å². The first-order valence-corrected chi connectivity index (χ1v) is 10.9. The van der Waals surface area contributed by atoms with Crippen LogP contribution in [-0.4, -0.2) is 52.9 Å². The topological polar surface area (TPSA) is 45.7 Å². The van der Waals surface area contributed by atoms with Crippen LogP contribution < -0.4 is 4.74 Å². The average molecular weight is 394 g/mol. The molecule has 0 N–H and O–H groups in total. The Bertz CT molecular complexity index is 815. The van der Waals surface area contributed by atoms with Crippen LogP contribution in [-0.2, 0) is 6.61 Å². The molecule has 2 aliphatic rings. The highest BCUT2D eigenvalue weighted by atomic mass is 16.5. The van der Waals surface area contributed by atoms with E-state index < -0.39 is 0 Å². The number of aryl methyl sites for hydroxylation is 1. The number of carbonyl (C=O) groups excluding carboxylic acids is 1. The van der Waals surface area contributed by atoms with Crippen molar-refractivity contribution in [3.05, 3.63) is 59.4 Å². The van der Waals surface area contributed by atoms with E-state index in [0.29, 0.717) is 12.6 Å². The van der Waals surface area contributed by atoms with Crippen molar-refractivity contribution in [1.29, 1.82) is 0 Å². The summed E-state index contributed by atoms with van der Waals surface area (Å²) < 4.78 is 5.83. The van der Waals surface area contributed by atoms with E-state index >= 15 is 0 Å². The third-order valence-corrected chi connectivity index (χ3v) is 6.02. The van der Waals surface area contributed by atoms with Crippen molar-refractivity contribution in [1.82, 2.24) is 14.8 Å². The molecule has 2 aliphatic heterocycles. The first-order valence-electron chi connectivity index (χ1n) is 10.9. The molecule has 1 aromatic carbocycles. The van der Waals surface area contributed by atoms with Gasteiger partial charge in [-0.05, 0) is 75.5 Å². The van der Waals surface area contributed by atoms with Gasteiger partial charge in [0.15, 0.2) is 0 Å². The van der Waals surface area contributed by atoms with Crippen molar-refractivity contribution < 1.29 is 9.53 Å². The Hall–Kier alpha value is -2.40. The third kappa shape index (κ3) is 5.15. The minimum Gasteiger partial charge on any atom is -0.487 e. The molecule has 0 radical (unpaired) electrons. The van der Waals surface area contributed by atoms with Crippen LogP contribution in [0.4, 0.5) is 0 Å². The monoisotopic (exact) mass is 393 g/mol. The van der Waals surface area contributed by atoms with Crippen LogP contribution in [0.5, 0.6) is 5.75 Å². The molecule has 3 heterocycles. The van der Waals surface area contributed by atoms with Crippen molar-refractivity contribution in [2.45, 2.75) is 51.7 Å².